The summed E-state index contributed by atoms with van der Waals surface area (Å²) in [5.74, 6) is 5.54. The molecule has 5 N–H and O–H groups in total. The molecule has 2 aliphatic rings. The normalized spacial score (nSPS) is 29.7. The minimum absolute atomic E-state index is 0.142. The molecule has 2 rings (SSSR count). The summed E-state index contributed by atoms with van der Waals surface area (Å²) in [6.07, 6.45) is 4.92. The predicted octanol–water partition coefficient (Wildman–Crippen LogP) is 0.0971. The lowest BCUT2D eigenvalue weighted by molar-refractivity contribution is 0.419. The molecule has 0 radical (unpaired) electrons. The summed E-state index contributed by atoms with van der Waals surface area (Å²) >= 11 is 0. The van der Waals surface area contributed by atoms with Gasteiger partial charge < -0.3 is 5.73 Å². The Hall–Kier alpha value is -0.770. The molecule has 12 heavy (non-hydrogen) atoms. The first-order valence-electron chi connectivity index (χ1n) is 4.44. The highest BCUT2D eigenvalue weighted by Gasteiger charge is 2.63. The average molecular weight is 168 g/mol. The second kappa shape index (κ2) is 2.13. The van der Waals surface area contributed by atoms with Crippen molar-refractivity contribution in [3.8, 4) is 0 Å². The van der Waals surface area contributed by atoms with E-state index in [1.54, 1.807) is 0 Å². The molecule has 0 heterocycles. The molecule has 0 amide bonds. The van der Waals surface area contributed by atoms with Gasteiger partial charge in [-0.3, -0.25) is 5.43 Å². The van der Waals surface area contributed by atoms with E-state index in [0.717, 1.165) is 0 Å². The highest BCUT2D eigenvalue weighted by Crippen LogP contribution is 2.65. The van der Waals surface area contributed by atoms with E-state index < -0.39 is 0 Å². The van der Waals surface area contributed by atoms with Gasteiger partial charge in [-0.05, 0) is 31.1 Å². The number of hydrogen-bond donors (Lipinski definition) is 3. The molecule has 0 aliphatic heterocycles. The van der Waals surface area contributed by atoms with Gasteiger partial charge in [0.15, 0.2) is 0 Å². The van der Waals surface area contributed by atoms with Gasteiger partial charge in [0.2, 0.25) is 5.96 Å². The van der Waals surface area contributed by atoms with Gasteiger partial charge in [0.25, 0.3) is 0 Å². The molecule has 68 valence electrons. The van der Waals surface area contributed by atoms with Crippen LogP contribution in [0.3, 0.4) is 0 Å². The predicted molar refractivity (Wildman–Crippen MR) is 48.3 cm³/mol. The van der Waals surface area contributed by atoms with Crippen LogP contribution in [0.1, 0.15) is 32.6 Å². The van der Waals surface area contributed by atoms with E-state index in [1.807, 2.05) is 0 Å². The molecule has 0 aromatic heterocycles. The van der Waals surface area contributed by atoms with Gasteiger partial charge in [0.05, 0.1) is 5.54 Å². The second-order valence-electron chi connectivity index (χ2n) is 4.23. The van der Waals surface area contributed by atoms with Crippen LogP contribution in [-0.4, -0.2) is 11.5 Å². The SMILES string of the molecule is CC1(C2(N=C(N)NN)CC2)CC1. The highest BCUT2D eigenvalue weighted by atomic mass is 15.3. The van der Waals surface area contributed by atoms with Gasteiger partial charge in [0, 0.05) is 0 Å². The van der Waals surface area contributed by atoms with Crippen LogP contribution in [0.4, 0.5) is 0 Å². The first-order valence-corrected chi connectivity index (χ1v) is 4.44. The van der Waals surface area contributed by atoms with E-state index >= 15 is 0 Å². The van der Waals surface area contributed by atoms with Crippen molar-refractivity contribution in [2.24, 2.45) is 22.0 Å². The lowest BCUT2D eigenvalue weighted by Gasteiger charge is -2.18. The molecule has 0 saturated heterocycles. The summed E-state index contributed by atoms with van der Waals surface area (Å²) < 4.78 is 0. The number of hydrogen-bond acceptors (Lipinski definition) is 2. The lowest BCUT2D eigenvalue weighted by Crippen LogP contribution is -2.39. The molecule has 0 bridgehead atoms. The molecular formula is C8H16N4. The fraction of sp³-hybridized carbons (Fsp3) is 0.875. The van der Waals surface area contributed by atoms with Gasteiger partial charge in [-0.15, -0.1) is 0 Å². The van der Waals surface area contributed by atoms with Crippen LogP contribution in [-0.2, 0) is 0 Å². The maximum absolute atomic E-state index is 5.54. The van der Waals surface area contributed by atoms with Crippen LogP contribution in [0.15, 0.2) is 4.99 Å². The Kier molecular flexibility index (Phi) is 1.39. The van der Waals surface area contributed by atoms with Gasteiger partial charge in [-0.2, -0.15) is 0 Å². The van der Waals surface area contributed by atoms with E-state index in [1.165, 1.54) is 25.7 Å². The number of nitrogens with one attached hydrogen (secondary N) is 1. The van der Waals surface area contributed by atoms with E-state index in [9.17, 15) is 0 Å². The number of guanidine groups is 1. The molecular weight excluding hydrogens is 152 g/mol. The Morgan fingerprint density at radius 2 is 1.92 bits per heavy atom. The Balaban J connectivity index is 2.12. The average Bonchev–Trinajstić information content (AvgIpc) is 2.89. The van der Waals surface area contributed by atoms with Crippen molar-refractivity contribution >= 4 is 5.96 Å². The third-order valence-corrected chi connectivity index (χ3v) is 3.33. The van der Waals surface area contributed by atoms with Crippen LogP contribution in [0.2, 0.25) is 0 Å². The summed E-state index contributed by atoms with van der Waals surface area (Å²) in [7, 11) is 0. The summed E-state index contributed by atoms with van der Waals surface area (Å²) in [5, 5.41) is 0. The summed E-state index contributed by atoms with van der Waals surface area (Å²) in [6, 6.07) is 0. The van der Waals surface area contributed by atoms with Crippen LogP contribution < -0.4 is 17.0 Å². The molecule has 2 fully saturated rings. The van der Waals surface area contributed by atoms with Crippen LogP contribution >= 0.6 is 0 Å². The molecule has 4 nitrogen and oxygen atoms in total. The van der Waals surface area contributed by atoms with Gasteiger partial charge in [-0.1, -0.05) is 6.92 Å². The number of nitrogens with two attached hydrogens (primary N) is 2. The van der Waals surface area contributed by atoms with E-state index in [4.69, 9.17) is 11.6 Å². The Bertz CT molecular complexity index is 225. The number of rotatable bonds is 2. The van der Waals surface area contributed by atoms with Crippen LogP contribution in [0, 0.1) is 5.41 Å². The summed E-state index contributed by atoms with van der Waals surface area (Å²) in [4.78, 5) is 4.43. The Morgan fingerprint density at radius 1 is 1.33 bits per heavy atom. The third-order valence-electron chi connectivity index (χ3n) is 3.33. The van der Waals surface area contributed by atoms with Crippen molar-refractivity contribution in [1.29, 1.82) is 0 Å². The zero-order chi connectivity index (χ0) is 8.82. The molecule has 0 aromatic carbocycles. The third kappa shape index (κ3) is 0.982. The van der Waals surface area contributed by atoms with Crippen molar-refractivity contribution in [3.63, 3.8) is 0 Å². The van der Waals surface area contributed by atoms with Crippen molar-refractivity contribution in [3.05, 3.63) is 0 Å². The van der Waals surface area contributed by atoms with Gasteiger partial charge in [0.1, 0.15) is 0 Å². The molecule has 0 atom stereocenters. The number of hydrazine groups is 1. The maximum Gasteiger partial charge on any atom is 0.203 e. The fourth-order valence-electron chi connectivity index (χ4n) is 1.88. The fourth-order valence-corrected chi connectivity index (χ4v) is 1.88. The van der Waals surface area contributed by atoms with Gasteiger partial charge in [-0.25, -0.2) is 10.8 Å². The topological polar surface area (TPSA) is 76.4 Å². The van der Waals surface area contributed by atoms with E-state index in [2.05, 4.69) is 17.3 Å². The minimum atomic E-state index is 0.142. The summed E-state index contributed by atoms with van der Waals surface area (Å²) in [6.45, 7) is 2.29. The first-order chi connectivity index (χ1) is 5.62. The minimum Gasteiger partial charge on any atom is -0.369 e. The highest BCUT2D eigenvalue weighted by molar-refractivity contribution is 5.78. The van der Waals surface area contributed by atoms with E-state index in [0.29, 0.717) is 11.4 Å². The monoisotopic (exact) mass is 168 g/mol. The second-order valence-corrected chi connectivity index (χ2v) is 4.23. The molecule has 4 heteroatoms. The van der Waals surface area contributed by atoms with E-state index in [-0.39, 0.29) is 5.54 Å². The Labute approximate surface area is 72.4 Å². The zero-order valence-electron chi connectivity index (χ0n) is 7.43. The standard InChI is InChI=1S/C8H16N4/c1-7(2-3-7)8(4-5-8)11-6(9)12-10/h2-5,10H2,1H3,(H3,9,11,12). The molecule has 2 aliphatic carbocycles. The molecule has 0 unspecified atom stereocenters. The molecule has 0 aromatic rings. The molecule has 2 saturated carbocycles. The van der Waals surface area contributed by atoms with Crippen molar-refractivity contribution < 1.29 is 0 Å². The molecule has 0 spiro atoms. The first kappa shape index (κ1) is 7.86. The Morgan fingerprint density at radius 3 is 2.25 bits per heavy atom. The lowest BCUT2D eigenvalue weighted by atomic mass is 9.97. The van der Waals surface area contributed by atoms with Crippen molar-refractivity contribution in [2.75, 3.05) is 0 Å². The quantitative estimate of drug-likeness (QED) is 0.237. The van der Waals surface area contributed by atoms with Gasteiger partial charge >= 0.3 is 0 Å². The maximum atomic E-state index is 5.54. The van der Waals surface area contributed by atoms with Crippen molar-refractivity contribution in [1.82, 2.24) is 5.43 Å². The smallest absolute Gasteiger partial charge is 0.203 e. The summed E-state index contributed by atoms with van der Waals surface area (Å²) in [5.41, 5.74) is 8.49. The number of aliphatic imine (C=N–C) groups is 1. The van der Waals surface area contributed by atoms with Crippen LogP contribution in [0.5, 0.6) is 0 Å². The number of nitrogens with zero attached hydrogens (tertiary/aromatic N) is 1. The largest absolute Gasteiger partial charge is 0.369 e. The van der Waals surface area contributed by atoms with Crippen molar-refractivity contribution in [2.45, 2.75) is 38.1 Å². The zero-order valence-corrected chi connectivity index (χ0v) is 7.43. The van der Waals surface area contributed by atoms with Crippen LogP contribution in [0.25, 0.3) is 0 Å².